The molecule has 0 saturated heterocycles. The van der Waals surface area contributed by atoms with Gasteiger partial charge in [0.1, 0.15) is 0 Å². The summed E-state index contributed by atoms with van der Waals surface area (Å²) in [5, 5.41) is 0. The van der Waals surface area contributed by atoms with Gasteiger partial charge in [-0.05, 0) is 0 Å². The van der Waals surface area contributed by atoms with Crippen LogP contribution in [0.4, 0.5) is 0 Å². The average molecular weight is 405 g/mol. The first kappa shape index (κ1) is 15.7. The molecule has 0 saturated carbocycles. The monoisotopic (exact) mass is 405 g/mol. The third-order valence-corrected chi connectivity index (χ3v) is 0. The SMILES string of the molecule is [CH2-]S(=O)[O-].[U].[Y]. The van der Waals surface area contributed by atoms with Gasteiger partial charge in [0.15, 0.2) is 0 Å². The Kier molecular flexibility index (Phi) is 27.0. The van der Waals surface area contributed by atoms with Gasteiger partial charge in [0.25, 0.3) is 0 Å². The average Bonchev–Trinajstić information content (AvgIpc) is 0.811. The van der Waals surface area contributed by atoms with Gasteiger partial charge in [0, 0.05) is 63.8 Å². The van der Waals surface area contributed by atoms with Crippen LogP contribution in [-0.4, -0.2) is 8.76 Å². The Bertz CT molecular complexity index is 36.5. The van der Waals surface area contributed by atoms with Gasteiger partial charge in [0.05, 0.1) is 0 Å². The maximum Gasteiger partial charge on any atom is 0 e. The van der Waals surface area contributed by atoms with Crippen molar-refractivity contribution >= 4 is 11.1 Å². The number of hydrogen-bond acceptors (Lipinski definition) is 2. The minimum atomic E-state index is -2.11. The predicted molar refractivity (Wildman–Crippen MR) is 14.3 cm³/mol. The van der Waals surface area contributed by atoms with Gasteiger partial charge in [0.2, 0.25) is 0 Å². The molecule has 0 spiro atoms. The molecule has 2 nitrogen and oxygen atoms in total. The minimum Gasteiger partial charge on any atom is -0.799 e. The van der Waals surface area contributed by atoms with Crippen molar-refractivity contribution in [3.05, 3.63) is 6.26 Å². The maximum atomic E-state index is 8.89. The molecule has 0 aromatic heterocycles. The summed E-state index contributed by atoms with van der Waals surface area (Å²) in [5.74, 6) is 0. The van der Waals surface area contributed by atoms with Gasteiger partial charge in [-0.3, -0.25) is 6.26 Å². The molecule has 0 aliphatic heterocycles. The first-order valence-corrected chi connectivity index (χ1v) is 1.87. The molecule has 33 valence electrons. The van der Waals surface area contributed by atoms with E-state index in [9.17, 15) is 0 Å². The van der Waals surface area contributed by atoms with Gasteiger partial charge in [-0.2, -0.15) is 0 Å². The fourth-order valence-corrected chi connectivity index (χ4v) is 0. The Morgan fingerprint density at radius 3 is 1.67 bits per heavy atom. The van der Waals surface area contributed by atoms with Crippen LogP contribution in [-0.2, 0) is 43.8 Å². The summed E-state index contributed by atoms with van der Waals surface area (Å²) in [7, 11) is 0. The van der Waals surface area contributed by atoms with Crippen molar-refractivity contribution in [2.75, 3.05) is 0 Å². The van der Waals surface area contributed by atoms with Gasteiger partial charge < -0.3 is 8.76 Å². The molecule has 0 N–H and O–H groups in total. The van der Waals surface area contributed by atoms with Crippen LogP contribution in [0.25, 0.3) is 0 Å². The first-order valence-electron chi connectivity index (χ1n) is 0.622. The molecule has 0 bridgehead atoms. The van der Waals surface area contributed by atoms with Gasteiger partial charge in [-0.15, -0.1) is 0 Å². The van der Waals surface area contributed by atoms with Crippen molar-refractivity contribution in [3.8, 4) is 0 Å². The third kappa shape index (κ3) is 33.8. The molecule has 1 radical (unpaired) electrons. The van der Waals surface area contributed by atoms with Crippen LogP contribution in [0.3, 0.4) is 0 Å². The van der Waals surface area contributed by atoms with Crippen molar-refractivity contribution in [2.45, 2.75) is 0 Å². The van der Waals surface area contributed by atoms with Crippen LogP contribution in [0.2, 0.25) is 0 Å². The molecular formula is CH2O2SUY-2. The summed E-state index contributed by atoms with van der Waals surface area (Å²) in [6, 6.07) is 0. The van der Waals surface area contributed by atoms with Gasteiger partial charge in [-0.25, -0.2) is 11.1 Å². The van der Waals surface area contributed by atoms with E-state index >= 15 is 0 Å². The molecule has 0 amide bonds. The summed E-state index contributed by atoms with van der Waals surface area (Å²) in [6.45, 7) is 0. The molecule has 1 atom stereocenters. The summed E-state index contributed by atoms with van der Waals surface area (Å²) < 4.78 is 17.8. The van der Waals surface area contributed by atoms with Crippen LogP contribution in [0.15, 0.2) is 0 Å². The fourth-order valence-electron chi connectivity index (χ4n) is 0. The van der Waals surface area contributed by atoms with E-state index in [-0.39, 0.29) is 63.8 Å². The van der Waals surface area contributed by atoms with Crippen molar-refractivity contribution < 1.29 is 72.6 Å². The molecule has 0 aliphatic rings. The summed E-state index contributed by atoms with van der Waals surface area (Å²) in [5.41, 5.74) is 0. The molecule has 0 aliphatic carbocycles. The van der Waals surface area contributed by atoms with E-state index in [1.807, 2.05) is 0 Å². The van der Waals surface area contributed by atoms with E-state index in [1.54, 1.807) is 0 Å². The van der Waals surface area contributed by atoms with Crippen molar-refractivity contribution in [2.24, 2.45) is 0 Å². The Balaban J connectivity index is -0.0000000450. The van der Waals surface area contributed by atoms with Crippen LogP contribution in [0.5, 0.6) is 0 Å². The quantitative estimate of drug-likeness (QED) is 0.409. The van der Waals surface area contributed by atoms with Gasteiger partial charge >= 0.3 is 0 Å². The molecule has 5 heteroatoms. The Hall–Kier alpha value is 2.27. The molecule has 0 aromatic rings. The fraction of sp³-hybridized carbons (Fsp3) is 0. The van der Waals surface area contributed by atoms with Gasteiger partial charge in [-0.1, -0.05) is 0 Å². The van der Waals surface area contributed by atoms with Crippen LogP contribution in [0, 0.1) is 37.4 Å². The molecule has 6 heavy (non-hydrogen) atoms. The zero-order valence-electron chi connectivity index (χ0n) is 3.01. The topological polar surface area (TPSA) is 40.1 Å². The van der Waals surface area contributed by atoms with Crippen molar-refractivity contribution in [1.29, 1.82) is 0 Å². The molecule has 0 fully saturated rings. The second-order valence-corrected chi connectivity index (χ2v) is 0.911. The van der Waals surface area contributed by atoms with E-state index in [0.29, 0.717) is 0 Å². The standard InChI is InChI=1S/CH3O2S.U.Y/c1-4(2)3;;/h1H2,(H,2,3);;/q-1;;/p-1. The predicted octanol–water partition coefficient (Wildman–Crippen LogP) is -0.345. The van der Waals surface area contributed by atoms with Crippen molar-refractivity contribution in [3.63, 3.8) is 0 Å². The molecule has 0 aromatic carbocycles. The molecular weight excluding hydrogens is 403 g/mol. The molecule has 1 unspecified atom stereocenters. The first-order chi connectivity index (χ1) is 1.73. The van der Waals surface area contributed by atoms with Crippen LogP contribution < -0.4 is 0 Å². The summed E-state index contributed by atoms with van der Waals surface area (Å²) >= 11 is -2.11. The molecule has 0 rings (SSSR count). The second kappa shape index (κ2) is 10.3. The summed E-state index contributed by atoms with van der Waals surface area (Å²) in [6.07, 6.45) is 2.56. The largest absolute Gasteiger partial charge is 0.799 e. The number of rotatable bonds is 0. The van der Waals surface area contributed by atoms with E-state index < -0.39 is 11.1 Å². The van der Waals surface area contributed by atoms with E-state index in [4.69, 9.17) is 8.76 Å². The minimum absolute atomic E-state index is 0. The van der Waals surface area contributed by atoms with E-state index in [1.165, 1.54) is 0 Å². The van der Waals surface area contributed by atoms with E-state index in [0.717, 1.165) is 0 Å². The third-order valence-electron chi connectivity index (χ3n) is 0. The Morgan fingerprint density at radius 2 is 1.67 bits per heavy atom. The smallest absolute Gasteiger partial charge is 0 e. The second-order valence-electron chi connectivity index (χ2n) is 0.304. The van der Waals surface area contributed by atoms with Crippen LogP contribution >= 0.6 is 0 Å². The Morgan fingerprint density at radius 1 is 1.67 bits per heavy atom. The zero-order valence-corrected chi connectivity index (χ0v) is 10.8. The molecule has 0 heterocycles. The zero-order chi connectivity index (χ0) is 3.58. The van der Waals surface area contributed by atoms with E-state index in [2.05, 4.69) is 6.26 Å². The maximum absolute atomic E-state index is 8.89. The normalized spacial score (nSPS) is 10.3. The summed E-state index contributed by atoms with van der Waals surface area (Å²) in [4.78, 5) is 0. The van der Waals surface area contributed by atoms with Crippen molar-refractivity contribution in [1.82, 2.24) is 0 Å². The van der Waals surface area contributed by atoms with Crippen LogP contribution in [0.1, 0.15) is 0 Å². The Labute approximate surface area is 88.4 Å². The number of hydrogen-bond donors (Lipinski definition) is 0.